The van der Waals surface area contributed by atoms with E-state index < -0.39 is 0 Å². The van der Waals surface area contributed by atoms with Gasteiger partial charge in [-0.1, -0.05) is 12.2 Å². The first kappa shape index (κ1) is 6.59. The maximum absolute atomic E-state index is 4.23. The van der Waals surface area contributed by atoms with Crippen LogP contribution in [0, 0.1) is 11.8 Å². The lowest BCUT2D eigenvalue weighted by Gasteiger charge is -2.50. The number of rotatable bonds is 0. The van der Waals surface area contributed by atoms with Crippen LogP contribution in [0.4, 0.5) is 0 Å². The molecule has 4 bridgehead atoms. The van der Waals surface area contributed by atoms with Crippen LogP contribution in [0.5, 0.6) is 0 Å². The minimum absolute atomic E-state index is 0.867. The van der Waals surface area contributed by atoms with Crippen LogP contribution in [0.1, 0.15) is 25.7 Å². The Kier molecular flexibility index (Phi) is 1.24. The lowest BCUT2D eigenvalue weighted by Crippen LogP contribution is -2.41. The zero-order chi connectivity index (χ0) is 7.42. The van der Waals surface area contributed by atoms with Gasteiger partial charge in [-0.15, -0.1) is 0 Å². The molecule has 4 unspecified atom stereocenters. The van der Waals surface area contributed by atoms with Crippen LogP contribution >= 0.6 is 11.8 Å². The molecule has 2 aliphatic carbocycles. The highest BCUT2D eigenvalue weighted by Crippen LogP contribution is 2.55. The average Bonchev–Trinajstić information content (AvgIpc) is 1.98. The summed E-state index contributed by atoms with van der Waals surface area (Å²) in [5.74, 6) is 2.01. The topological polar surface area (TPSA) is 0 Å². The van der Waals surface area contributed by atoms with Gasteiger partial charge in [0.1, 0.15) is 0 Å². The third-order valence-electron chi connectivity index (χ3n) is 3.60. The van der Waals surface area contributed by atoms with E-state index in [0.29, 0.717) is 0 Å². The molecule has 0 spiro atoms. The number of hydrogen-bond acceptors (Lipinski definition) is 1. The predicted molar refractivity (Wildman–Crippen MR) is 49.8 cm³/mol. The molecule has 0 nitrogen and oxygen atoms in total. The van der Waals surface area contributed by atoms with Crippen molar-refractivity contribution in [1.29, 1.82) is 0 Å². The fourth-order valence-electron chi connectivity index (χ4n) is 3.08. The van der Waals surface area contributed by atoms with Gasteiger partial charge in [0.05, 0.1) is 0 Å². The lowest BCUT2D eigenvalue weighted by molar-refractivity contribution is 0.237. The van der Waals surface area contributed by atoms with Crippen molar-refractivity contribution in [2.75, 3.05) is 0 Å². The van der Waals surface area contributed by atoms with E-state index in [1.807, 2.05) is 0 Å². The van der Waals surface area contributed by atoms with Crippen LogP contribution in [0.25, 0.3) is 0 Å². The third-order valence-corrected chi connectivity index (χ3v) is 5.20. The molecular weight excluding hydrogens is 152 g/mol. The largest absolute Gasteiger partial charge is 0.151 e. The first-order chi connectivity index (χ1) is 5.33. The summed E-state index contributed by atoms with van der Waals surface area (Å²) in [4.78, 5) is 0. The van der Waals surface area contributed by atoms with E-state index in [1.165, 1.54) is 25.7 Å². The maximum Gasteiger partial charge on any atom is 0.0261 e. The van der Waals surface area contributed by atoms with Crippen molar-refractivity contribution in [3.63, 3.8) is 0 Å². The van der Waals surface area contributed by atoms with Crippen LogP contribution in [-0.4, -0.2) is 10.5 Å². The highest BCUT2D eigenvalue weighted by Gasteiger charge is 2.44. The first-order valence-electron chi connectivity index (χ1n) is 4.67. The minimum Gasteiger partial charge on any atom is -0.151 e. The Morgan fingerprint density at radius 2 is 2.09 bits per heavy atom. The molecule has 60 valence electrons. The summed E-state index contributed by atoms with van der Waals surface area (Å²) in [6, 6.07) is 0. The molecule has 1 heteroatoms. The standard InChI is InChI=1S/C10H14S/c1-6-8-2-7-3-9(5-8)11-10(6)4-7/h7-10H,1-5H2. The molecule has 0 aromatic carbocycles. The highest BCUT2D eigenvalue weighted by molar-refractivity contribution is 8.00. The van der Waals surface area contributed by atoms with Gasteiger partial charge in [-0.25, -0.2) is 0 Å². The van der Waals surface area contributed by atoms with Gasteiger partial charge in [-0.3, -0.25) is 0 Å². The first-order valence-corrected chi connectivity index (χ1v) is 5.61. The van der Waals surface area contributed by atoms with Gasteiger partial charge in [0.15, 0.2) is 0 Å². The van der Waals surface area contributed by atoms with Crippen molar-refractivity contribution < 1.29 is 0 Å². The van der Waals surface area contributed by atoms with E-state index in [9.17, 15) is 0 Å². The zero-order valence-electron chi connectivity index (χ0n) is 6.75. The van der Waals surface area contributed by atoms with Crippen molar-refractivity contribution in [2.24, 2.45) is 11.8 Å². The molecule has 0 radical (unpaired) electrons. The fourth-order valence-corrected chi connectivity index (χ4v) is 5.02. The van der Waals surface area contributed by atoms with E-state index in [4.69, 9.17) is 0 Å². The third kappa shape index (κ3) is 0.837. The fraction of sp³-hybridized carbons (Fsp3) is 0.800. The van der Waals surface area contributed by atoms with Crippen molar-refractivity contribution in [2.45, 2.75) is 36.2 Å². The molecular formula is C10H14S. The average molecular weight is 166 g/mol. The molecule has 2 aliphatic heterocycles. The molecule has 4 atom stereocenters. The van der Waals surface area contributed by atoms with Gasteiger partial charge in [0.25, 0.3) is 0 Å². The molecule has 0 aromatic heterocycles. The smallest absolute Gasteiger partial charge is 0.0261 e. The van der Waals surface area contributed by atoms with Crippen molar-refractivity contribution in [3.8, 4) is 0 Å². The van der Waals surface area contributed by atoms with Crippen molar-refractivity contribution in [3.05, 3.63) is 12.2 Å². The van der Waals surface area contributed by atoms with Gasteiger partial charge < -0.3 is 0 Å². The van der Waals surface area contributed by atoms with Gasteiger partial charge >= 0.3 is 0 Å². The quantitative estimate of drug-likeness (QED) is 0.499. The second-order valence-corrected chi connectivity index (χ2v) is 5.84. The van der Waals surface area contributed by atoms with E-state index in [2.05, 4.69) is 18.3 Å². The van der Waals surface area contributed by atoms with Crippen LogP contribution in [0.2, 0.25) is 0 Å². The van der Waals surface area contributed by atoms with E-state index in [0.717, 1.165) is 22.3 Å². The summed E-state index contributed by atoms with van der Waals surface area (Å²) >= 11 is 2.22. The summed E-state index contributed by atoms with van der Waals surface area (Å²) in [5, 5.41) is 1.88. The molecule has 4 rings (SSSR count). The van der Waals surface area contributed by atoms with E-state index in [1.54, 1.807) is 5.57 Å². The lowest BCUT2D eigenvalue weighted by atomic mass is 9.69. The van der Waals surface area contributed by atoms with Crippen LogP contribution < -0.4 is 0 Å². The minimum atomic E-state index is 0.867. The Bertz CT molecular complexity index is 177. The second-order valence-electron chi connectivity index (χ2n) is 4.33. The molecule has 4 aliphatic rings. The summed E-state index contributed by atoms with van der Waals surface area (Å²) in [5.41, 5.74) is 1.59. The maximum atomic E-state index is 4.23. The summed E-state index contributed by atoms with van der Waals surface area (Å²) in [6.07, 6.45) is 5.91. The molecule has 2 saturated carbocycles. The normalized spacial score (nSPS) is 53.6. The second kappa shape index (κ2) is 2.07. The predicted octanol–water partition coefficient (Wildman–Crippen LogP) is 2.85. The number of thioether (sulfide) groups is 1. The van der Waals surface area contributed by atoms with E-state index in [-0.39, 0.29) is 0 Å². The Morgan fingerprint density at radius 3 is 2.82 bits per heavy atom. The molecule has 0 N–H and O–H groups in total. The van der Waals surface area contributed by atoms with Crippen molar-refractivity contribution >= 4 is 11.8 Å². The van der Waals surface area contributed by atoms with Gasteiger partial charge in [-0.2, -0.15) is 11.8 Å². The molecule has 0 aromatic rings. The van der Waals surface area contributed by atoms with Crippen molar-refractivity contribution in [1.82, 2.24) is 0 Å². The molecule has 11 heavy (non-hydrogen) atoms. The Labute approximate surface area is 72.4 Å². The molecule has 0 amide bonds. The van der Waals surface area contributed by atoms with Crippen LogP contribution in [0.3, 0.4) is 0 Å². The summed E-state index contributed by atoms with van der Waals surface area (Å²) in [7, 11) is 0. The Balaban J connectivity index is 1.96. The Hall–Kier alpha value is 0.0900. The SMILES string of the molecule is C=C1C2CC3CC(C2)SC1C3. The van der Waals surface area contributed by atoms with Gasteiger partial charge in [0, 0.05) is 10.5 Å². The zero-order valence-corrected chi connectivity index (χ0v) is 7.57. The van der Waals surface area contributed by atoms with Gasteiger partial charge in [0.2, 0.25) is 0 Å². The summed E-state index contributed by atoms with van der Waals surface area (Å²) in [6.45, 7) is 4.23. The molecule has 4 fully saturated rings. The van der Waals surface area contributed by atoms with Crippen LogP contribution in [0.15, 0.2) is 12.2 Å². The highest BCUT2D eigenvalue weighted by atomic mass is 32.2. The van der Waals surface area contributed by atoms with E-state index >= 15 is 0 Å². The van der Waals surface area contributed by atoms with Gasteiger partial charge in [-0.05, 0) is 37.5 Å². The van der Waals surface area contributed by atoms with Crippen LogP contribution in [-0.2, 0) is 0 Å². The Morgan fingerprint density at radius 1 is 1.18 bits per heavy atom. The molecule has 2 saturated heterocycles. The molecule has 2 heterocycles. The number of hydrogen-bond donors (Lipinski definition) is 0. The monoisotopic (exact) mass is 166 g/mol. The summed E-state index contributed by atoms with van der Waals surface area (Å²) < 4.78 is 0.